The predicted molar refractivity (Wildman–Crippen MR) is 108 cm³/mol. The Bertz CT molecular complexity index is 1050. The molecule has 1 amide bonds. The molecule has 2 aromatic carbocycles. The zero-order valence-electron chi connectivity index (χ0n) is 15.9. The molecule has 3 heterocycles. The zero-order chi connectivity index (χ0) is 21.0. The number of nitrogens with two attached hydrogens (primary N) is 1. The van der Waals surface area contributed by atoms with Crippen LogP contribution in [0.4, 0.5) is 13.2 Å². The number of fused-ring (bicyclic) bond motifs is 4. The van der Waals surface area contributed by atoms with E-state index in [9.17, 15) is 18.0 Å². The van der Waals surface area contributed by atoms with Crippen LogP contribution in [0.5, 0.6) is 11.5 Å². The number of halogens is 3. The third-order valence-corrected chi connectivity index (χ3v) is 6.73. The fourth-order valence-corrected chi connectivity index (χ4v) is 5.42. The lowest BCUT2D eigenvalue weighted by molar-refractivity contribution is -0.189. The van der Waals surface area contributed by atoms with Crippen molar-refractivity contribution in [1.82, 2.24) is 4.90 Å². The van der Waals surface area contributed by atoms with Crippen LogP contribution in [-0.4, -0.2) is 29.1 Å². The van der Waals surface area contributed by atoms with Gasteiger partial charge in [-0.15, -0.1) is 0 Å². The third-order valence-electron chi connectivity index (χ3n) is 6.16. The van der Waals surface area contributed by atoms with E-state index in [4.69, 9.17) is 9.88 Å². The van der Waals surface area contributed by atoms with E-state index < -0.39 is 24.2 Å². The molecular weight excluding hydrogens is 413 g/mol. The Labute approximate surface area is 176 Å². The molecule has 2 bridgehead atoms. The topological polar surface area (TPSA) is 55.6 Å². The van der Waals surface area contributed by atoms with Crippen molar-refractivity contribution >= 4 is 23.4 Å². The van der Waals surface area contributed by atoms with E-state index >= 15 is 0 Å². The molecule has 4 nitrogen and oxygen atoms in total. The van der Waals surface area contributed by atoms with Gasteiger partial charge in [-0.05, 0) is 55.3 Å². The summed E-state index contributed by atoms with van der Waals surface area (Å²) in [5.74, 6) is -0.337. The van der Waals surface area contributed by atoms with Crippen LogP contribution in [0, 0.1) is 0 Å². The Kier molecular flexibility index (Phi) is 4.59. The first-order chi connectivity index (χ1) is 14.4. The number of rotatable bonds is 1. The lowest BCUT2D eigenvalue weighted by atomic mass is 9.84. The van der Waals surface area contributed by atoms with Gasteiger partial charge in [-0.1, -0.05) is 35.9 Å². The van der Waals surface area contributed by atoms with Crippen LogP contribution in [0.25, 0.3) is 5.57 Å². The number of para-hydroxylation sites is 2. The first-order valence-electron chi connectivity index (χ1n) is 9.77. The van der Waals surface area contributed by atoms with E-state index in [2.05, 4.69) is 0 Å². The van der Waals surface area contributed by atoms with E-state index in [0.717, 1.165) is 44.0 Å². The number of alkyl halides is 3. The van der Waals surface area contributed by atoms with Gasteiger partial charge in [-0.3, -0.25) is 9.93 Å². The van der Waals surface area contributed by atoms with Gasteiger partial charge in [0.15, 0.2) is 0 Å². The molecule has 0 aliphatic carbocycles. The van der Waals surface area contributed by atoms with Crippen molar-refractivity contribution in [2.24, 2.45) is 5.14 Å². The quantitative estimate of drug-likeness (QED) is 0.532. The molecule has 0 radical (unpaired) electrons. The summed E-state index contributed by atoms with van der Waals surface area (Å²) in [6, 6.07) is 12.6. The highest BCUT2D eigenvalue weighted by Crippen LogP contribution is 2.51. The first kappa shape index (κ1) is 19.5. The van der Waals surface area contributed by atoms with Crippen LogP contribution in [0.3, 0.4) is 0 Å². The average molecular weight is 432 g/mol. The van der Waals surface area contributed by atoms with Gasteiger partial charge in [0.2, 0.25) is 0 Å². The Morgan fingerprint density at radius 2 is 1.70 bits per heavy atom. The van der Waals surface area contributed by atoms with Crippen molar-refractivity contribution in [3.63, 3.8) is 0 Å². The second-order valence-corrected chi connectivity index (χ2v) is 8.51. The molecule has 0 aromatic heterocycles. The maximum Gasteiger partial charge on any atom is 0.471 e. The average Bonchev–Trinajstić information content (AvgIpc) is 2.99. The van der Waals surface area contributed by atoms with Crippen molar-refractivity contribution in [2.45, 2.75) is 48.8 Å². The fraction of sp³-hybridized carbons (Fsp3) is 0.318. The normalized spacial score (nSPS) is 22.5. The van der Waals surface area contributed by atoms with E-state index in [1.165, 1.54) is 0 Å². The van der Waals surface area contributed by atoms with E-state index in [1.807, 2.05) is 42.5 Å². The summed E-state index contributed by atoms with van der Waals surface area (Å²) >= 11 is 1.10. The van der Waals surface area contributed by atoms with Crippen LogP contribution in [0.15, 0.2) is 52.9 Å². The summed E-state index contributed by atoms with van der Waals surface area (Å²) < 4.78 is 45.5. The summed E-state index contributed by atoms with van der Waals surface area (Å²) in [5, 5.41) is 5.83. The van der Waals surface area contributed by atoms with Gasteiger partial charge < -0.3 is 9.64 Å². The van der Waals surface area contributed by atoms with Crippen LogP contribution < -0.4 is 9.88 Å². The summed E-state index contributed by atoms with van der Waals surface area (Å²) in [7, 11) is 0. The number of amides is 1. The minimum absolute atomic E-state index is 0.425. The summed E-state index contributed by atoms with van der Waals surface area (Å²) in [4.78, 5) is 13.9. The molecule has 8 heteroatoms. The van der Waals surface area contributed by atoms with Gasteiger partial charge in [0.1, 0.15) is 11.5 Å². The second-order valence-electron chi connectivity index (χ2n) is 7.83. The van der Waals surface area contributed by atoms with Gasteiger partial charge in [0, 0.05) is 23.2 Å². The maximum absolute atomic E-state index is 13.1. The lowest BCUT2D eigenvalue weighted by Gasteiger charge is -2.38. The summed E-state index contributed by atoms with van der Waals surface area (Å²) in [6.45, 7) is 0. The summed E-state index contributed by atoms with van der Waals surface area (Å²) in [5.41, 5.74) is 3.90. The number of ether oxygens (including phenoxy) is 1. The number of hydrogen-bond donors (Lipinski definition) is 1. The van der Waals surface area contributed by atoms with Crippen molar-refractivity contribution in [3.05, 3.63) is 59.2 Å². The van der Waals surface area contributed by atoms with Gasteiger partial charge in [-0.25, -0.2) is 0 Å². The molecule has 3 aliphatic heterocycles. The minimum atomic E-state index is -4.84. The molecule has 156 valence electrons. The molecule has 2 saturated heterocycles. The maximum atomic E-state index is 13.1. The molecule has 2 N–H and O–H groups in total. The molecule has 2 atom stereocenters. The van der Waals surface area contributed by atoms with Gasteiger partial charge >= 0.3 is 12.1 Å². The molecule has 2 fully saturated rings. The number of hydrogen-bond acceptors (Lipinski definition) is 4. The van der Waals surface area contributed by atoms with Crippen LogP contribution in [-0.2, 0) is 4.79 Å². The van der Waals surface area contributed by atoms with E-state index in [0.29, 0.717) is 37.2 Å². The van der Waals surface area contributed by atoms with Gasteiger partial charge in [0.25, 0.3) is 0 Å². The van der Waals surface area contributed by atoms with Crippen LogP contribution >= 0.6 is 11.9 Å². The highest BCUT2D eigenvalue weighted by atomic mass is 32.2. The SMILES string of the molecule is NSc1cccc2c1Oc1ccccc1C2=C1CC2CCC(C1)N2C(=O)C(F)(F)F. The highest BCUT2D eigenvalue weighted by Gasteiger charge is 2.51. The standard InChI is InChI=1S/C22H19F3N2O2S/c23-22(24,25)21(28)27-13-8-9-14(27)11-12(10-13)19-15-4-1-2-6-17(15)29-20-16(19)5-3-7-18(20)30-26/h1-7,13-14H,8-11,26H2. The highest BCUT2D eigenvalue weighted by molar-refractivity contribution is 7.97. The molecule has 0 saturated carbocycles. The molecule has 2 aromatic rings. The van der Waals surface area contributed by atoms with E-state index in [-0.39, 0.29) is 0 Å². The predicted octanol–water partition coefficient (Wildman–Crippen LogP) is 5.28. The third kappa shape index (κ3) is 3.01. The Balaban J connectivity index is 1.63. The van der Waals surface area contributed by atoms with Crippen molar-refractivity contribution in [2.75, 3.05) is 0 Å². The van der Waals surface area contributed by atoms with Gasteiger partial charge in [-0.2, -0.15) is 13.2 Å². The molecule has 30 heavy (non-hydrogen) atoms. The number of carbonyl (C=O) groups excluding carboxylic acids is 1. The van der Waals surface area contributed by atoms with E-state index in [1.54, 1.807) is 0 Å². The fourth-order valence-electron chi connectivity index (χ4n) is 5.01. The number of piperidine rings is 1. The monoisotopic (exact) mass is 432 g/mol. The lowest BCUT2D eigenvalue weighted by Crippen LogP contribution is -2.50. The second kappa shape index (κ2) is 7.06. The van der Waals surface area contributed by atoms with Crippen molar-refractivity contribution < 1.29 is 22.7 Å². The molecule has 3 aliphatic rings. The number of carbonyl (C=O) groups is 1. The molecule has 5 rings (SSSR count). The van der Waals surface area contributed by atoms with Crippen LogP contribution in [0.1, 0.15) is 36.8 Å². The largest absolute Gasteiger partial charge is 0.471 e. The summed E-state index contributed by atoms with van der Waals surface area (Å²) in [6.07, 6.45) is -2.79. The van der Waals surface area contributed by atoms with Crippen LogP contribution in [0.2, 0.25) is 0 Å². The first-order valence-corrected chi connectivity index (χ1v) is 10.7. The van der Waals surface area contributed by atoms with Crippen molar-refractivity contribution in [3.8, 4) is 11.5 Å². The smallest absolute Gasteiger partial charge is 0.455 e. The molecule has 2 unspecified atom stereocenters. The number of benzene rings is 2. The Morgan fingerprint density at radius 3 is 2.37 bits per heavy atom. The van der Waals surface area contributed by atoms with Crippen molar-refractivity contribution in [1.29, 1.82) is 0 Å². The van der Waals surface area contributed by atoms with Gasteiger partial charge in [0.05, 0.1) is 4.90 Å². The minimum Gasteiger partial charge on any atom is -0.455 e. The Morgan fingerprint density at radius 1 is 1.03 bits per heavy atom. The number of nitrogens with zero attached hydrogens (tertiary/aromatic N) is 1. The molecular formula is C22H19F3N2O2S. The molecule has 0 spiro atoms. The Hall–Kier alpha value is -2.45. The zero-order valence-corrected chi connectivity index (χ0v) is 16.7.